The quantitative estimate of drug-likeness (QED) is 0.293. The smallest absolute Gasteiger partial charge is 0.281 e. The van der Waals surface area contributed by atoms with Crippen LogP contribution in [0.1, 0.15) is 12.5 Å². The molecule has 0 aliphatic carbocycles. The predicted molar refractivity (Wildman–Crippen MR) is 149 cm³/mol. The Labute approximate surface area is 225 Å². The summed E-state index contributed by atoms with van der Waals surface area (Å²) in [5.74, 6) is 1.21. The van der Waals surface area contributed by atoms with Gasteiger partial charge in [0.05, 0.1) is 32.2 Å². The van der Waals surface area contributed by atoms with Crippen LogP contribution >= 0.6 is 12.2 Å². The van der Waals surface area contributed by atoms with Gasteiger partial charge in [0.2, 0.25) is 0 Å². The highest BCUT2D eigenvalue weighted by Gasteiger charge is 2.33. The highest BCUT2D eigenvalue weighted by atomic mass is 32.1. The van der Waals surface area contributed by atoms with Gasteiger partial charge in [-0.3, -0.25) is 9.59 Å². The number of rotatable bonds is 10. The van der Waals surface area contributed by atoms with Crippen LogP contribution in [0.5, 0.6) is 23.0 Å². The number of benzene rings is 3. The van der Waals surface area contributed by atoms with Crippen LogP contribution in [0, 0.1) is 0 Å². The van der Waals surface area contributed by atoms with E-state index in [-0.39, 0.29) is 23.5 Å². The van der Waals surface area contributed by atoms with E-state index in [4.69, 9.17) is 31.2 Å². The largest absolute Gasteiger partial charge is 0.495 e. The highest BCUT2D eigenvalue weighted by molar-refractivity contribution is 7.80. The molecule has 3 aromatic rings. The third kappa shape index (κ3) is 5.87. The number of para-hydroxylation sites is 4. The fourth-order valence-corrected chi connectivity index (χ4v) is 4.10. The van der Waals surface area contributed by atoms with E-state index in [0.29, 0.717) is 52.2 Å². The Morgan fingerprint density at radius 3 is 2.39 bits per heavy atom. The average Bonchev–Trinajstić information content (AvgIpc) is 3.20. The fourth-order valence-electron chi connectivity index (χ4n) is 3.81. The van der Waals surface area contributed by atoms with Crippen molar-refractivity contribution in [1.29, 1.82) is 0 Å². The molecule has 3 aromatic carbocycles. The molecule has 1 aliphatic rings. The van der Waals surface area contributed by atoms with Crippen molar-refractivity contribution in [2.24, 2.45) is 0 Å². The van der Waals surface area contributed by atoms with Gasteiger partial charge in [-0.25, -0.2) is 4.90 Å². The molecular weight excluding hydrogens is 506 g/mol. The molecule has 0 bridgehead atoms. The van der Waals surface area contributed by atoms with Crippen LogP contribution in [0.15, 0.2) is 72.4 Å². The molecular formula is C28H27N3O6S. The second-order valence-corrected chi connectivity index (χ2v) is 8.36. The first kappa shape index (κ1) is 26.5. The van der Waals surface area contributed by atoms with Gasteiger partial charge in [-0.1, -0.05) is 30.3 Å². The summed E-state index contributed by atoms with van der Waals surface area (Å²) in [6, 6.07) is 19.4. The van der Waals surface area contributed by atoms with Gasteiger partial charge in [0, 0.05) is 0 Å². The Kier molecular flexibility index (Phi) is 8.44. The van der Waals surface area contributed by atoms with Gasteiger partial charge >= 0.3 is 0 Å². The fraction of sp³-hybridized carbons (Fsp3) is 0.179. The van der Waals surface area contributed by atoms with E-state index in [0.717, 1.165) is 0 Å². The summed E-state index contributed by atoms with van der Waals surface area (Å²) in [6.07, 6.45) is 1.67. The van der Waals surface area contributed by atoms with Crippen molar-refractivity contribution in [3.8, 4) is 23.0 Å². The topological polar surface area (TPSA) is 98.4 Å². The summed E-state index contributed by atoms with van der Waals surface area (Å²) in [6.45, 7) is 2.09. The van der Waals surface area contributed by atoms with Crippen molar-refractivity contribution in [1.82, 2.24) is 5.32 Å². The van der Waals surface area contributed by atoms with Crippen molar-refractivity contribution in [2.45, 2.75) is 6.92 Å². The maximum atomic E-state index is 13.2. The molecule has 0 radical (unpaired) electrons. The molecule has 0 unspecified atom stereocenters. The molecule has 0 aromatic heterocycles. The Hall–Kier alpha value is -4.57. The third-order valence-corrected chi connectivity index (χ3v) is 5.81. The van der Waals surface area contributed by atoms with Crippen LogP contribution in [0.25, 0.3) is 6.08 Å². The van der Waals surface area contributed by atoms with Crippen molar-refractivity contribution in [3.05, 3.63) is 78.0 Å². The summed E-state index contributed by atoms with van der Waals surface area (Å²) >= 11 is 5.43. The van der Waals surface area contributed by atoms with Crippen LogP contribution in [-0.2, 0) is 9.59 Å². The molecule has 1 aliphatic heterocycles. The molecule has 0 saturated carbocycles. The zero-order valence-electron chi connectivity index (χ0n) is 21.1. The Morgan fingerprint density at radius 1 is 0.947 bits per heavy atom. The van der Waals surface area contributed by atoms with E-state index in [1.807, 2.05) is 25.1 Å². The van der Waals surface area contributed by atoms with Crippen molar-refractivity contribution < 1.29 is 28.5 Å². The number of methoxy groups -OCH3 is 2. The summed E-state index contributed by atoms with van der Waals surface area (Å²) in [7, 11) is 3.03. The zero-order valence-corrected chi connectivity index (χ0v) is 22.0. The first-order chi connectivity index (χ1) is 18.4. The molecule has 2 N–H and O–H groups in total. The lowest BCUT2D eigenvalue weighted by molar-refractivity contribution is -0.118. The van der Waals surface area contributed by atoms with Crippen molar-refractivity contribution in [2.75, 3.05) is 37.7 Å². The lowest BCUT2D eigenvalue weighted by Gasteiger charge is -2.18. The Balaban J connectivity index is 1.47. The maximum Gasteiger partial charge on any atom is 0.281 e. The lowest BCUT2D eigenvalue weighted by Crippen LogP contribution is -2.30. The molecule has 0 atom stereocenters. The van der Waals surface area contributed by atoms with Gasteiger partial charge in [0.1, 0.15) is 17.2 Å². The number of thiocarbonyl (C=S) groups is 1. The van der Waals surface area contributed by atoms with E-state index in [1.165, 1.54) is 19.1 Å². The summed E-state index contributed by atoms with van der Waals surface area (Å²) in [5.41, 5.74) is 2.08. The first-order valence-electron chi connectivity index (χ1n) is 11.8. The Bertz CT molecular complexity index is 1390. The predicted octanol–water partition coefficient (Wildman–Crippen LogP) is 4.38. The molecule has 1 saturated heterocycles. The monoisotopic (exact) mass is 533 g/mol. The van der Waals surface area contributed by atoms with E-state index >= 15 is 0 Å². The van der Waals surface area contributed by atoms with Gasteiger partial charge in [-0.2, -0.15) is 0 Å². The van der Waals surface area contributed by atoms with Crippen LogP contribution in [0.3, 0.4) is 0 Å². The molecule has 10 heteroatoms. The van der Waals surface area contributed by atoms with Gasteiger partial charge in [0.15, 0.2) is 23.2 Å². The van der Waals surface area contributed by atoms with Crippen LogP contribution in [-0.4, -0.2) is 44.4 Å². The summed E-state index contributed by atoms with van der Waals surface area (Å²) in [5, 5.41) is 5.98. The SMILES string of the molecule is CCOc1ccccc1N1C(=O)/C(=C\c2ccc(OCC(=O)Nc3ccccc3OC)c(OC)c2)NC1=S. The number of nitrogens with one attached hydrogen (secondary N) is 2. The molecule has 1 fully saturated rings. The second kappa shape index (κ2) is 12.1. The minimum atomic E-state index is -0.357. The standard InChI is InChI=1S/C28H27N3O6S/c1-4-36-23-12-8-6-10-21(23)31-27(33)20(30-28(31)38)15-18-13-14-24(25(16-18)35-3)37-17-26(32)29-19-9-5-7-11-22(19)34-2/h5-16H,4,17H2,1-3H3,(H,29,32)(H,30,38)/b20-15+. The molecule has 38 heavy (non-hydrogen) atoms. The normalized spacial score (nSPS) is 13.8. The number of hydrogen-bond acceptors (Lipinski definition) is 7. The number of nitrogens with zero attached hydrogens (tertiary/aromatic N) is 1. The lowest BCUT2D eigenvalue weighted by atomic mass is 10.1. The van der Waals surface area contributed by atoms with Gasteiger partial charge < -0.3 is 29.6 Å². The summed E-state index contributed by atoms with van der Waals surface area (Å²) < 4.78 is 22.1. The zero-order chi connectivity index (χ0) is 27.1. The number of ether oxygens (including phenoxy) is 4. The molecule has 4 rings (SSSR count). The van der Waals surface area contributed by atoms with Crippen LogP contribution in [0.4, 0.5) is 11.4 Å². The van der Waals surface area contributed by atoms with Crippen LogP contribution < -0.4 is 34.5 Å². The Morgan fingerprint density at radius 2 is 1.66 bits per heavy atom. The molecule has 0 spiro atoms. The van der Waals surface area contributed by atoms with Crippen molar-refractivity contribution in [3.63, 3.8) is 0 Å². The third-order valence-electron chi connectivity index (χ3n) is 5.52. The maximum absolute atomic E-state index is 13.2. The number of carbonyl (C=O) groups excluding carboxylic acids is 2. The van der Waals surface area contributed by atoms with E-state index in [9.17, 15) is 9.59 Å². The molecule has 2 amide bonds. The minimum Gasteiger partial charge on any atom is -0.495 e. The van der Waals surface area contributed by atoms with Gasteiger partial charge in [-0.05, 0) is 67.2 Å². The van der Waals surface area contributed by atoms with Crippen LogP contribution in [0.2, 0.25) is 0 Å². The average molecular weight is 534 g/mol. The summed E-state index contributed by atoms with van der Waals surface area (Å²) in [4.78, 5) is 27.0. The molecule has 1 heterocycles. The second-order valence-electron chi connectivity index (χ2n) is 7.98. The van der Waals surface area contributed by atoms with Gasteiger partial charge in [0.25, 0.3) is 11.8 Å². The minimum absolute atomic E-state index is 0.239. The van der Waals surface area contributed by atoms with E-state index in [1.54, 1.807) is 54.6 Å². The van der Waals surface area contributed by atoms with E-state index in [2.05, 4.69) is 10.6 Å². The molecule has 9 nitrogen and oxygen atoms in total. The number of carbonyl (C=O) groups is 2. The number of amides is 2. The van der Waals surface area contributed by atoms with E-state index < -0.39 is 0 Å². The highest BCUT2D eigenvalue weighted by Crippen LogP contribution is 2.33. The number of hydrogen-bond donors (Lipinski definition) is 2. The van der Waals surface area contributed by atoms with Crippen molar-refractivity contribution >= 4 is 46.6 Å². The number of anilines is 2. The first-order valence-corrected chi connectivity index (χ1v) is 12.2. The molecule has 196 valence electrons. The van der Waals surface area contributed by atoms with Gasteiger partial charge in [-0.15, -0.1) is 0 Å².